The van der Waals surface area contributed by atoms with E-state index in [1.54, 1.807) is 14.0 Å². The molecule has 3 aromatic carbocycles. The molecule has 5 heteroatoms. The highest BCUT2D eigenvalue weighted by Crippen LogP contribution is 2.26. The predicted octanol–water partition coefficient (Wildman–Crippen LogP) is 4.20. The van der Waals surface area contributed by atoms with Gasteiger partial charge < -0.3 is 19.5 Å². The van der Waals surface area contributed by atoms with Gasteiger partial charge in [0.15, 0.2) is 6.10 Å². The maximum Gasteiger partial charge on any atom is 0.261 e. The highest BCUT2D eigenvalue weighted by molar-refractivity contribution is 5.89. The van der Waals surface area contributed by atoms with Crippen molar-refractivity contribution in [3.63, 3.8) is 0 Å². The van der Waals surface area contributed by atoms with Gasteiger partial charge in [-0.2, -0.15) is 0 Å². The first-order valence-corrected chi connectivity index (χ1v) is 9.28. The third-order valence-electron chi connectivity index (χ3n) is 4.37. The Morgan fingerprint density at radius 1 is 0.929 bits per heavy atom. The minimum atomic E-state index is -0.616. The lowest BCUT2D eigenvalue weighted by Gasteiger charge is -2.20. The Kier molecular flexibility index (Phi) is 6.37. The zero-order valence-electron chi connectivity index (χ0n) is 16.3. The minimum Gasteiger partial charge on any atom is -0.497 e. The number of hydrogen-bond donors (Lipinski definition) is 1. The third-order valence-corrected chi connectivity index (χ3v) is 4.37. The van der Waals surface area contributed by atoms with Gasteiger partial charge in [-0.05, 0) is 49.6 Å². The van der Waals surface area contributed by atoms with Gasteiger partial charge in [0.25, 0.3) is 5.91 Å². The van der Waals surface area contributed by atoms with E-state index in [0.29, 0.717) is 12.4 Å². The van der Waals surface area contributed by atoms with Crippen molar-refractivity contribution in [1.82, 2.24) is 5.32 Å². The summed E-state index contributed by atoms with van der Waals surface area (Å²) in [6, 6.07) is 20.9. The molecule has 0 saturated carbocycles. The average Bonchev–Trinajstić information content (AvgIpc) is 2.73. The number of ether oxygens (including phenoxy) is 3. The van der Waals surface area contributed by atoms with Gasteiger partial charge >= 0.3 is 0 Å². The average molecular weight is 379 g/mol. The van der Waals surface area contributed by atoms with Crippen LogP contribution < -0.4 is 19.5 Å². The quantitative estimate of drug-likeness (QED) is 0.637. The first-order valence-electron chi connectivity index (χ1n) is 9.28. The van der Waals surface area contributed by atoms with Crippen LogP contribution in [0.4, 0.5) is 0 Å². The molecule has 1 N–H and O–H groups in total. The summed E-state index contributed by atoms with van der Waals surface area (Å²) >= 11 is 0. The largest absolute Gasteiger partial charge is 0.497 e. The van der Waals surface area contributed by atoms with Crippen LogP contribution in [-0.4, -0.2) is 31.8 Å². The van der Waals surface area contributed by atoms with Crippen molar-refractivity contribution in [3.05, 3.63) is 66.7 Å². The number of rotatable bonds is 8. The summed E-state index contributed by atoms with van der Waals surface area (Å²) < 4.78 is 16.7. The van der Waals surface area contributed by atoms with Crippen LogP contribution in [0.5, 0.6) is 17.2 Å². The fraction of sp³-hybridized carbons (Fsp3) is 0.261. The number of amides is 1. The predicted molar refractivity (Wildman–Crippen MR) is 110 cm³/mol. The maximum atomic E-state index is 12.5. The number of carbonyl (C=O) groups is 1. The second kappa shape index (κ2) is 9.13. The zero-order valence-corrected chi connectivity index (χ0v) is 16.3. The van der Waals surface area contributed by atoms with E-state index in [2.05, 4.69) is 5.32 Å². The molecule has 3 aromatic rings. The molecular weight excluding hydrogens is 354 g/mol. The molecule has 0 heterocycles. The van der Waals surface area contributed by atoms with Crippen LogP contribution in [0.2, 0.25) is 0 Å². The Hall–Kier alpha value is -3.21. The fourth-order valence-electron chi connectivity index (χ4n) is 2.84. The Labute approximate surface area is 165 Å². The molecule has 146 valence electrons. The van der Waals surface area contributed by atoms with Crippen molar-refractivity contribution in [2.24, 2.45) is 0 Å². The fourth-order valence-corrected chi connectivity index (χ4v) is 2.84. The van der Waals surface area contributed by atoms with Crippen LogP contribution in [0.3, 0.4) is 0 Å². The number of benzene rings is 3. The van der Waals surface area contributed by atoms with Crippen molar-refractivity contribution >= 4 is 16.7 Å². The molecule has 3 rings (SSSR count). The van der Waals surface area contributed by atoms with E-state index >= 15 is 0 Å². The van der Waals surface area contributed by atoms with E-state index in [9.17, 15) is 4.79 Å². The van der Waals surface area contributed by atoms with E-state index < -0.39 is 6.10 Å². The molecule has 5 nitrogen and oxygen atoms in total. The highest BCUT2D eigenvalue weighted by atomic mass is 16.5. The zero-order chi connectivity index (χ0) is 19.9. The molecule has 0 bridgehead atoms. The SMILES string of the molecule is COc1ccc(OC[C@H](C)NC(=O)[C@@H](C)Oc2cccc3ccccc23)cc1. The summed E-state index contributed by atoms with van der Waals surface area (Å²) in [7, 11) is 1.62. The molecule has 0 unspecified atom stereocenters. The Bertz CT molecular complexity index is 918. The molecular formula is C23H25NO4. The Morgan fingerprint density at radius 3 is 2.36 bits per heavy atom. The van der Waals surface area contributed by atoms with Crippen molar-refractivity contribution in [2.45, 2.75) is 26.0 Å². The lowest BCUT2D eigenvalue weighted by Crippen LogP contribution is -2.43. The lowest BCUT2D eigenvalue weighted by molar-refractivity contribution is -0.128. The van der Waals surface area contributed by atoms with Gasteiger partial charge in [-0.25, -0.2) is 0 Å². The number of fused-ring (bicyclic) bond motifs is 1. The summed E-state index contributed by atoms with van der Waals surface area (Å²) in [5.41, 5.74) is 0. The van der Waals surface area contributed by atoms with Gasteiger partial charge in [0, 0.05) is 5.39 Å². The van der Waals surface area contributed by atoms with Gasteiger partial charge in [-0.1, -0.05) is 36.4 Å². The van der Waals surface area contributed by atoms with E-state index in [1.165, 1.54) is 0 Å². The van der Waals surface area contributed by atoms with Crippen LogP contribution in [0, 0.1) is 0 Å². The van der Waals surface area contributed by atoms with E-state index in [-0.39, 0.29) is 11.9 Å². The van der Waals surface area contributed by atoms with Crippen molar-refractivity contribution in [1.29, 1.82) is 0 Å². The summed E-state index contributed by atoms with van der Waals surface area (Å²) in [6.45, 7) is 4.00. The van der Waals surface area contributed by atoms with Gasteiger partial charge in [-0.3, -0.25) is 4.79 Å². The first-order chi connectivity index (χ1) is 13.6. The van der Waals surface area contributed by atoms with Crippen molar-refractivity contribution in [2.75, 3.05) is 13.7 Å². The number of methoxy groups -OCH3 is 1. The van der Waals surface area contributed by atoms with Crippen LogP contribution in [0.1, 0.15) is 13.8 Å². The monoisotopic (exact) mass is 379 g/mol. The van der Waals surface area contributed by atoms with Gasteiger partial charge in [-0.15, -0.1) is 0 Å². The molecule has 28 heavy (non-hydrogen) atoms. The Balaban J connectivity index is 1.52. The van der Waals surface area contributed by atoms with Crippen LogP contribution in [-0.2, 0) is 4.79 Å². The lowest BCUT2D eigenvalue weighted by atomic mass is 10.1. The molecule has 0 fully saturated rings. The summed E-state index contributed by atoms with van der Waals surface area (Å²) in [5.74, 6) is 2.01. The number of nitrogens with one attached hydrogen (secondary N) is 1. The number of carbonyl (C=O) groups excluding carboxylic acids is 1. The molecule has 0 spiro atoms. The number of hydrogen-bond acceptors (Lipinski definition) is 4. The van der Waals surface area contributed by atoms with Crippen LogP contribution >= 0.6 is 0 Å². The molecule has 0 aliphatic heterocycles. The third kappa shape index (κ3) is 4.94. The normalized spacial score (nSPS) is 12.8. The summed E-state index contributed by atoms with van der Waals surface area (Å²) in [4.78, 5) is 12.5. The van der Waals surface area contributed by atoms with Gasteiger partial charge in [0.1, 0.15) is 23.9 Å². The molecule has 0 saturated heterocycles. The first kappa shape index (κ1) is 19.5. The summed E-state index contributed by atoms with van der Waals surface area (Å²) in [6.07, 6.45) is -0.616. The van der Waals surface area contributed by atoms with E-state index in [1.807, 2.05) is 73.7 Å². The Morgan fingerprint density at radius 2 is 1.61 bits per heavy atom. The van der Waals surface area contributed by atoms with Crippen molar-refractivity contribution in [3.8, 4) is 17.2 Å². The second-order valence-electron chi connectivity index (χ2n) is 6.63. The van der Waals surface area contributed by atoms with Crippen LogP contribution in [0.25, 0.3) is 10.8 Å². The van der Waals surface area contributed by atoms with Crippen LogP contribution in [0.15, 0.2) is 66.7 Å². The van der Waals surface area contributed by atoms with E-state index in [4.69, 9.17) is 14.2 Å². The molecule has 1 amide bonds. The van der Waals surface area contributed by atoms with Gasteiger partial charge in [0.2, 0.25) is 0 Å². The maximum absolute atomic E-state index is 12.5. The summed E-state index contributed by atoms with van der Waals surface area (Å²) in [5, 5.41) is 4.99. The van der Waals surface area contributed by atoms with E-state index in [0.717, 1.165) is 22.3 Å². The molecule has 0 aliphatic carbocycles. The second-order valence-corrected chi connectivity index (χ2v) is 6.63. The van der Waals surface area contributed by atoms with Crippen molar-refractivity contribution < 1.29 is 19.0 Å². The highest BCUT2D eigenvalue weighted by Gasteiger charge is 2.18. The minimum absolute atomic E-state index is 0.159. The smallest absolute Gasteiger partial charge is 0.261 e. The molecule has 0 radical (unpaired) electrons. The topological polar surface area (TPSA) is 56.8 Å². The van der Waals surface area contributed by atoms with Gasteiger partial charge in [0.05, 0.1) is 13.2 Å². The standard InChI is InChI=1S/C23H25NO4/c1-16(15-27-20-13-11-19(26-3)12-14-20)24-23(25)17(2)28-22-10-6-8-18-7-4-5-9-21(18)22/h4-14,16-17H,15H2,1-3H3,(H,24,25)/t16-,17+/m0/s1. The molecule has 0 aliphatic rings. The molecule has 2 atom stereocenters. The molecule has 0 aromatic heterocycles.